The lowest BCUT2D eigenvalue weighted by Crippen LogP contribution is -2.02. The van der Waals surface area contributed by atoms with E-state index in [0.29, 0.717) is 30.4 Å². The smallest absolute Gasteiger partial charge is 0.269 e. The number of benzene rings is 3. The second kappa shape index (κ2) is 10.6. The Morgan fingerprint density at radius 3 is 2.50 bits per heavy atom. The van der Waals surface area contributed by atoms with Gasteiger partial charge in [-0.05, 0) is 64.9 Å². The van der Waals surface area contributed by atoms with Crippen molar-refractivity contribution >= 4 is 40.2 Å². The van der Waals surface area contributed by atoms with Gasteiger partial charge in [0, 0.05) is 12.1 Å². The molecule has 0 radical (unpaired) electrons. The van der Waals surface area contributed by atoms with Crippen LogP contribution in [0.25, 0.3) is 0 Å². The van der Waals surface area contributed by atoms with E-state index in [1.165, 1.54) is 12.1 Å². The highest BCUT2D eigenvalue weighted by Gasteiger charge is 2.12. The fourth-order valence-electron chi connectivity index (χ4n) is 2.63. The van der Waals surface area contributed by atoms with Crippen LogP contribution in [0, 0.1) is 13.7 Å². The largest absolute Gasteiger partial charge is 0.490 e. The standard InChI is InChI=1S/C22H20IN3O4/c1-2-29-21-13-17(14-24-25-18-8-10-19(11-9-18)26(27)28)12-20(23)22(21)30-15-16-6-4-3-5-7-16/h3-14,25H,2,15H2,1H3/b24-14+. The maximum absolute atomic E-state index is 10.7. The first-order chi connectivity index (χ1) is 14.6. The summed E-state index contributed by atoms with van der Waals surface area (Å²) in [5.41, 5.74) is 5.46. The molecular formula is C22H20IN3O4. The van der Waals surface area contributed by atoms with Crippen molar-refractivity contribution in [2.75, 3.05) is 12.0 Å². The number of nitro groups is 1. The quantitative estimate of drug-likeness (QED) is 0.172. The Morgan fingerprint density at radius 2 is 1.83 bits per heavy atom. The van der Waals surface area contributed by atoms with Crippen LogP contribution < -0.4 is 14.9 Å². The predicted octanol–water partition coefficient (Wildman–Crippen LogP) is 5.62. The van der Waals surface area contributed by atoms with Crippen molar-refractivity contribution in [3.8, 4) is 11.5 Å². The second-order valence-corrected chi connectivity index (χ2v) is 7.37. The Balaban J connectivity index is 1.71. The van der Waals surface area contributed by atoms with Gasteiger partial charge in [-0.1, -0.05) is 30.3 Å². The summed E-state index contributed by atoms with van der Waals surface area (Å²) < 4.78 is 12.7. The molecule has 0 saturated carbocycles. The molecule has 0 amide bonds. The summed E-state index contributed by atoms with van der Waals surface area (Å²) in [5.74, 6) is 1.35. The summed E-state index contributed by atoms with van der Waals surface area (Å²) in [6, 6.07) is 19.8. The lowest BCUT2D eigenvalue weighted by molar-refractivity contribution is -0.384. The lowest BCUT2D eigenvalue weighted by Gasteiger charge is -2.14. The second-order valence-electron chi connectivity index (χ2n) is 6.21. The summed E-state index contributed by atoms with van der Waals surface area (Å²) in [6.07, 6.45) is 1.66. The average Bonchev–Trinajstić information content (AvgIpc) is 2.74. The first-order valence-corrected chi connectivity index (χ1v) is 10.3. The zero-order valence-electron chi connectivity index (χ0n) is 16.2. The molecule has 0 aliphatic rings. The van der Waals surface area contributed by atoms with Crippen molar-refractivity contribution in [1.82, 2.24) is 0 Å². The minimum absolute atomic E-state index is 0.0338. The third-order valence-corrected chi connectivity index (χ3v) is 4.84. The van der Waals surface area contributed by atoms with Crippen LogP contribution in [0.1, 0.15) is 18.1 Å². The van der Waals surface area contributed by atoms with Crippen LogP contribution in [0.3, 0.4) is 0 Å². The van der Waals surface area contributed by atoms with Crippen molar-refractivity contribution in [3.63, 3.8) is 0 Å². The fourth-order valence-corrected chi connectivity index (χ4v) is 3.42. The number of ether oxygens (including phenoxy) is 2. The molecule has 3 aromatic rings. The summed E-state index contributed by atoms with van der Waals surface area (Å²) in [6.45, 7) is 2.89. The van der Waals surface area contributed by atoms with Gasteiger partial charge in [0.2, 0.25) is 0 Å². The number of hydrogen-bond acceptors (Lipinski definition) is 6. The Hall–Kier alpha value is -3.14. The highest BCUT2D eigenvalue weighted by molar-refractivity contribution is 14.1. The van der Waals surface area contributed by atoms with E-state index in [1.54, 1.807) is 18.3 Å². The zero-order chi connectivity index (χ0) is 21.3. The molecule has 3 aromatic carbocycles. The van der Waals surface area contributed by atoms with Crippen molar-refractivity contribution < 1.29 is 14.4 Å². The van der Waals surface area contributed by atoms with Gasteiger partial charge in [-0.25, -0.2) is 0 Å². The number of non-ortho nitro benzene ring substituents is 1. The molecule has 0 atom stereocenters. The highest BCUT2D eigenvalue weighted by Crippen LogP contribution is 2.34. The van der Waals surface area contributed by atoms with Gasteiger partial charge < -0.3 is 9.47 Å². The normalized spacial score (nSPS) is 10.7. The molecule has 1 N–H and O–H groups in total. The fraction of sp³-hybridized carbons (Fsp3) is 0.136. The van der Waals surface area contributed by atoms with Crippen LogP contribution in [-0.2, 0) is 6.61 Å². The van der Waals surface area contributed by atoms with Crippen LogP contribution in [-0.4, -0.2) is 17.7 Å². The number of rotatable bonds is 9. The van der Waals surface area contributed by atoms with Gasteiger partial charge in [0.15, 0.2) is 11.5 Å². The van der Waals surface area contributed by atoms with Gasteiger partial charge in [0.25, 0.3) is 5.69 Å². The van der Waals surface area contributed by atoms with Crippen molar-refractivity contribution in [2.24, 2.45) is 5.10 Å². The summed E-state index contributed by atoms with van der Waals surface area (Å²) in [7, 11) is 0. The van der Waals surface area contributed by atoms with Crippen LogP contribution in [0.15, 0.2) is 71.8 Å². The van der Waals surface area contributed by atoms with Crippen LogP contribution >= 0.6 is 22.6 Å². The first-order valence-electron chi connectivity index (χ1n) is 9.23. The molecule has 0 unspecified atom stereocenters. The zero-order valence-corrected chi connectivity index (χ0v) is 18.4. The number of anilines is 1. The van der Waals surface area contributed by atoms with Gasteiger partial charge in [-0.2, -0.15) is 5.10 Å². The number of nitro benzene ring substituents is 1. The molecule has 7 nitrogen and oxygen atoms in total. The lowest BCUT2D eigenvalue weighted by atomic mass is 10.2. The predicted molar refractivity (Wildman–Crippen MR) is 125 cm³/mol. The first kappa shape index (κ1) is 21.6. The molecule has 0 aliphatic carbocycles. The molecule has 0 aromatic heterocycles. The topological polar surface area (TPSA) is 86.0 Å². The molecule has 0 heterocycles. The minimum atomic E-state index is -0.439. The van der Waals surface area contributed by atoms with Gasteiger partial charge in [0.1, 0.15) is 6.61 Å². The third-order valence-electron chi connectivity index (χ3n) is 4.04. The Morgan fingerprint density at radius 1 is 1.10 bits per heavy atom. The van der Waals surface area contributed by atoms with Crippen LogP contribution in [0.2, 0.25) is 0 Å². The molecule has 0 saturated heterocycles. The molecule has 0 aliphatic heterocycles. The molecule has 8 heteroatoms. The molecule has 30 heavy (non-hydrogen) atoms. The van der Waals surface area contributed by atoms with Gasteiger partial charge in [-0.3, -0.25) is 15.5 Å². The Labute approximate surface area is 188 Å². The molecule has 0 fully saturated rings. The van der Waals surface area contributed by atoms with Crippen molar-refractivity contribution in [3.05, 3.63) is 91.5 Å². The molecular weight excluding hydrogens is 497 g/mol. The summed E-state index contributed by atoms with van der Waals surface area (Å²) >= 11 is 2.22. The van der Waals surface area contributed by atoms with E-state index in [2.05, 4.69) is 33.1 Å². The monoisotopic (exact) mass is 517 g/mol. The van der Waals surface area contributed by atoms with Crippen molar-refractivity contribution in [2.45, 2.75) is 13.5 Å². The van der Waals surface area contributed by atoms with E-state index in [4.69, 9.17) is 9.47 Å². The van der Waals surface area contributed by atoms with E-state index < -0.39 is 4.92 Å². The third kappa shape index (κ3) is 5.93. The van der Waals surface area contributed by atoms with Crippen molar-refractivity contribution in [1.29, 1.82) is 0 Å². The molecule has 0 spiro atoms. The number of hydrogen-bond donors (Lipinski definition) is 1. The SMILES string of the molecule is CCOc1cc(/C=N/Nc2ccc([N+](=O)[O-])cc2)cc(I)c1OCc1ccccc1. The number of nitrogens with one attached hydrogen (secondary N) is 1. The van der Waals surface area contributed by atoms with E-state index in [0.717, 1.165) is 14.7 Å². The Kier molecular flexibility index (Phi) is 7.61. The van der Waals surface area contributed by atoms with E-state index in [9.17, 15) is 10.1 Å². The number of hydrazone groups is 1. The Bertz CT molecular complexity index is 1020. The maximum Gasteiger partial charge on any atom is 0.269 e. The van der Waals surface area contributed by atoms with Crippen LogP contribution in [0.5, 0.6) is 11.5 Å². The van der Waals surface area contributed by atoms with Gasteiger partial charge in [-0.15, -0.1) is 0 Å². The van der Waals surface area contributed by atoms with E-state index >= 15 is 0 Å². The summed E-state index contributed by atoms with van der Waals surface area (Å²) in [5, 5.41) is 14.9. The van der Waals surface area contributed by atoms with Gasteiger partial charge >= 0.3 is 0 Å². The molecule has 3 rings (SSSR count). The van der Waals surface area contributed by atoms with Crippen LogP contribution in [0.4, 0.5) is 11.4 Å². The molecule has 0 bridgehead atoms. The maximum atomic E-state index is 10.7. The van der Waals surface area contributed by atoms with E-state index in [-0.39, 0.29) is 5.69 Å². The van der Waals surface area contributed by atoms with Gasteiger partial charge in [0.05, 0.1) is 27.0 Å². The highest BCUT2D eigenvalue weighted by atomic mass is 127. The molecule has 154 valence electrons. The average molecular weight is 517 g/mol. The van der Waals surface area contributed by atoms with E-state index in [1.807, 2.05) is 49.4 Å². The number of nitrogens with zero attached hydrogens (tertiary/aromatic N) is 2. The minimum Gasteiger partial charge on any atom is -0.490 e. The summed E-state index contributed by atoms with van der Waals surface area (Å²) in [4.78, 5) is 10.3. The number of halogens is 1.